The number of para-hydroxylation sites is 2. The van der Waals surface area contributed by atoms with Crippen LogP contribution in [0, 0.1) is 13.8 Å². The zero-order valence-electron chi connectivity index (χ0n) is 29.9. The molecule has 2 saturated heterocycles. The topological polar surface area (TPSA) is 81.1 Å². The number of aryl methyl sites for hydroxylation is 2. The summed E-state index contributed by atoms with van der Waals surface area (Å²) < 4.78 is 18.9. The van der Waals surface area contributed by atoms with Gasteiger partial charge in [-0.05, 0) is 94.0 Å². The SMILES string of the molecule is CC=CCn1c(NC2CCN(CCC3(c4ccc(C)c(C)c4)CCN(C(=O)c4cc(OC)c(OC)c(OC)c4)C3)CC2)nc2ccccc21. The first-order valence-electron chi connectivity index (χ1n) is 17.5. The van der Waals surface area contributed by atoms with Crippen LogP contribution < -0.4 is 19.5 Å². The van der Waals surface area contributed by atoms with E-state index in [1.54, 1.807) is 33.5 Å². The summed E-state index contributed by atoms with van der Waals surface area (Å²) in [5.41, 5.74) is 6.51. The van der Waals surface area contributed by atoms with E-state index in [4.69, 9.17) is 19.2 Å². The number of imidazole rings is 1. The van der Waals surface area contributed by atoms with Crippen molar-refractivity contribution in [1.82, 2.24) is 19.4 Å². The molecular weight excluding hydrogens is 614 g/mol. The van der Waals surface area contributed by atoms with E-state index in [0.717, 1.165) is 68.8 Å². The molecule has 1 atom stereocenters. The predicted octanol–water partition coefficient (Wildman–Crippen LogP) is 7.01. The first kappa shape index (κ1) is 34.4. The van der Waals surface area contributed by atoms with Crippen molar-refractivity contribution in [1.29, 1.82) is 0 Å². The number of allylic oxidation sites excluding steroid dienone is 2. The van der Waals surface area contributed by atoms with Crippen LogP contribution in [0.15, 0.2) is 66.7 Å². The number of hydrogen-bond acceptors (Lipinski definition) is 7. The number of nitrogens with one attached hydrogen (secondary N) is 1. The Bertz CT molecular complexity index is 1780. The molecule has 2 fully saturated rings. The van der Waals surface area contributed by atoms with Crippen LogP contribution in [0.4, 0.5) is 5.95 Å². The van der Waals surface area contributed by atoms with E-state index in [1.165, 1.54) is 16.7 Å². The molecular formula is C40H51N5O4. The van der Waals surface area contributed by atoms with Gasteiger partial charge in [0.15, 0.2) is 11.5 Å². The minimum absolute atomic E-state index is 0.0164. The van der Waals surface area contributed by atoms with Gasteiger partial charge in [-0.3, -0.25) is 4.79 Å². The van der Waals surface area contributed by atoms with Crippen LogP contribution in [0.25, 0.3) is 11.0 Å². The lowest BCUT2D eigenvalue weighted by molar-refractivity contribution is 0.0779. The second kappa shape index (κ2) is 14.9. The second-order valence-corrected chi connectivity index (χ2v) is 13.6. The maximum absolute atomic E-state index is 14.0. The van der Waals surface area contributed by atoms with E-state index in [1.807, 2.05) is 4.90 Å². The summed E-state index contributed by atoms with van der Waals surface area (Å²) in [4.78, 5) is 23.6. The lowest BCUT2D eigenvalue weighted by Crippen LogP contribution is -2.42. The maximum atomic E-state index is 14.0. The average Bonchev–Trinajstić information content (AvgIpc) is 3.72. The van der Waals surface area contributed by atoms with Gasteiger partial charge in [0.05, 0.1) is 32.4 Å². The maximum Gasteiger partial charge on any atom is 0.254 e. The van der Waals surface area contributed by atoms with E-state index in [0.29, 0.717) is 41.9 Å². The number of aromatic nitrogens is 2. The number of rotatable bonds is 12. The fourth-order valence-electron chi connectivity index (χ4n) is 7.53. The Morgan fingerprint density at radius 1 is 0.959 bits per heavy atom. The molecule has 2 aliphatic heterocycles. The van der Waals surface area contributed by atoms with Gasteiger partial charge in [-0.2, -0.15) is 0 Å². The minimum Gasteiger partial charge on any atom is -0.493 e. The molecule has 1 unspecified atom stereocenters. The van der Waals surface area contributed by atoms with Crippen molar-refractivity contribution in [2.24, 2.45) is 0 Å². The molecule has 49 heavy (non-hydrogen) atoms. The predicted molar refractivity (Wildman–Crippen MR) is 196 cm³/mol. The molecule has 9 heteroatoms. The van der Waals surface area contributed by atoms with Crippen molar-refractivity contribution in [2.45, 2.75) is 64.5 Å². The van der Waals surface area contributed by atoms with Crippen LogP contribution in [0.2, 0.25) is 0 Å². The third kappa shape index (κ3) is 7.13. The van der Waals surface area contributed by atoms with Crippen LogP contribution in [0.5, 0.6) is 17.2 Å². The Kier molecular flexibility index (Phi) is 10.5. The number of anilines is 1. The van der Waals surface area contributed by atoms with Crippen molar-refractivity contribution in [3.05, 3.63) is 89.0 Å². The Hall–Kier alpha value is -4.50. The summed E-state index contributed by atoms with van der Waals surface area (Å²) in [6.45, 7) is 11.6. The zero-order valence-corrected chi connectivity index (χ0v) is 29.9. The van der Waals surface area contributed by atoms with Crippen molar-refractivity contribution >= 4 is 22.9 Å². The smallest absolute Gasteiger partial charge is 0.254 e. The molecule has 0 saturated carbocycles. The third-order valence-electron chi connectivity index (χ3n) is 10.7. The molecule has 9 nitrogen and oxygen atoms in total. The number of carbonyl (C=O) groups is 1. The van der Waals surface area contributed by atoms with Gasteiger partial charge in [0.1, 0.15) is 0 Å². The highest BCUT2D eigenvalue weighted by Crippen LogP contribution is 2.42. The average molecular weight is 666 g/mol. The fourth-order valence-corrected chi connectivity index (χ4v) is 7.53. The number of fused-ring (bicyclic) bond motifs is 1. The molecule has 1 aromatic heterocycles. The van der Waals surface area contributed by atoms with E-state index in [2.05, 4.69) is 90.2 Å². The van der Waals surface area contributed by atoms with E-state index < -0.39 is 0 Å². The summed E-state index contributed by atoms with van der Waals surface area (Å²) in [6, 6.07) is 19.1. The van der Waals surface area contributed by atoms with Gasteiger partial charge < -0.3 is 33.9 Å². The lowest BCUT2D eigenvalue weighted by atomic mass is 9.75. The van der Waals surface area contributed by atoms with Gasteiger partial charge in [0.2, 0.25) is 11.7 Å². The van der Waals surface area contributed by atoms with Gasteiger partial charge in [-0.25, -0.2) is 4.98 Å². The molecule has 1 amide bonds. The summed E-state index contributed by atoms with van der Waals surface area (Å²) in [7, 11) is 4.72. The molecule has 0 aliphatic carbocycles. The van der Waals surface area contributed by atoms with E-state index >= 15 is 0 Å². The number of amides is 1. The normalized spacial score (nSPS) is 18.8. The first-order chi connectivity index (χ1) is 23.8. The number of ether oxygens (including phenoxy) is 3. The summed E-state index contributed by atoms with van der Waals surface area (Å²) in [6.07, 6.45) is 8.31. The molecule has 1 N–H and O–H groups in total. The number of methoxy groups -OCH3 is 3. The van der Waals surface area contributed by atoms with E-state index in [9.17, 15) is 4.79 Å². The fraction of sp³-hybridized carbons (Fsp3) is 0.450. The zero-order chi connectivity index (χ0) is 34.5. The van der Waals surface area contributed by atoms with Crippen LogP contribution in [0.1, 0.15) is 59.7 Å². The number of hydrogen-bond donors (Lipinski definition) is 1. The molecule has 3 heterocycles. The lowest BCUT2D eigenvalue weighted by Gasteiger charge is -2.36. The molecule has 260 valence electrons. The van der Waals surface area contributed by atoms with Crippen LogP contribution in [0.3, 0.4) is 0 Å². The number of likely N-dealkylation sites (tertiary alicyclic amines) is 2. The van der Waals surface area contributed by atoms with Gasteiger partial charge in [0, 0.05) is 49.7 Å². The standard InChI is InChI=1S/C40H51N5O4/c1-7-8-19-45-34-12-10-9-11-33(34)42-39(45)41-32-15-20-43(21-16-32)22-17-40(31-14-13-28(2)29(3)24-31)18-23-44(27-40)38(46)30-25-35(47-4)37(49-6)36(26-30)48-5/h7-14,24-26,32H,15-23,27H2,1-6H3,(H,41,42). The Morgan fingerprint density at radius 2 is 1.69 bits per heavy atom. The number of piperidine rings is 1. The monoisotopic (exact) mass is 665 g/mol. The summed E-state index contributed by atoms with van der Waals surface area (Å²) >= 11 is 0. The van der Waals surface area contributed by atoms with Crippen LogP contribution >= 0.6 is 0 Å². The van der Waals surface area contributed by atoms with E-state index in [-0.39, 0.29) is 11.3 Å². The summed E-state index contributed by atoms with van der Waals surface area (Å²) in [5, 5.41) is 3.79. The van der Waals surface area contributed by atoms with Crippen LogP contribution in [-0.4, -0.2) is 85.4 Å². The highest BCUT2D eigenvalue weighted by Gasteiger charge is 2.42. The Morgan fingerprint density at radius 3 is 2.37 bits per heavy atom. The number of benzene rings is 3. The molecule has 2 aliphatic rings. The molecule has 6 rings (SSSR count). The van der Waals surface area contributed by atoms with Gasteiger partial charge >= 0.3 is 0 Å². The van der Waals surface area contributed by atoms with Gasteiger partial charge in [-0.15, -0.1) is 0 Å². The molecule has 0 spiro atoms. The quantitative estimate of drug-likeness (QED) is 0.163. The molecule has 0 bridgehead atoms. The first-order valence-corrected chi connectivity index (χ1v) is 17.5. The highest BCUT2D eigenvalue weighted by atomic mass is 16.5. The van der Waals surface area contributed by atoms with Crippen molar-refractivity contribution in [3.8, 4) is 17.2 Å². The van der Waals surface area contributed by atoms with Gasteiger partial charge in [0.25, 0.3) is 5.91 Å². The largest absolute Gasteiger partial charge is 0.493 e. The second-order valence-electron chi connectivity index (χ2n) is 13.6. The van der Waals surface area contributed by atoms with Crippen molar-refractivity contribution in [3.63, 3.8) is 0 Å². The molecule has 4 aromatic rings. The summed E-state index contributed by atoms with van der Waals surface area (Å²) in [5.74, 6) is 2.39. The highest BCUT2D eigenvalue weighted by molar-refractivity contribution is 5.96. The Labute approximate surface area is 290 Å². The number of carbonyl (C=O) groups excluding carboxylic acids is 1. The van der Waals surface area contributed by atoms with Crippen molar-refractivity contribution < 1.29 is 19.0 Å². The number of nitrogens with zero attached hydrogens (tertiary/aromatic N) is 4. The minimum atomic E-state index is -0.123. The van der Waals surface area contributed by atoms with Gasteiger partial charge in [-0.1, -0.05) is 42.5 Å². The van der Waals surface area contributed by atoms with Crippen LogP contribution in [-0.2, 0) is 12.0 Å². The molecule has 0 radical (unpaired) electrons. The third-order valence-corrected chi connectivity index (χ3v) is 10.7. The van der Waals surface area contributed by atoms with Crippen molar-refractivity contribution in [2.75, 3.05) is 59.4 Å². The molecule has 3 aromatic carbocycles. The Balaban J connectivity index is 1.15.